The highest BCUT2D eigenvalue weighted by Crippen LogP contribution is 2.34. The molecule has 9 heteroatoms. The Hall–Kier alpha value is -3.77. The molecule has 1 aromatic carbocycles. The second-order valence-electron chi connectivity index (χ2n) is 7.23. The van der Waals surface area contributed by atoms with Crippen LogP contribution < -0.4 is 0 Å². The number of fused-ring (bicyclic) bond motifs is 1. The first-order chi connectivity index (χ1) is 19.0. The van der Waals surface area contributed by atoms with E-state index in [0.29, 0.717) is 5.39 Å². The smallest absolute Gasteiger partial charge is 0.243 e. The molecule has 0 radical (unpaired) electrons. The summed E-state index contributed by atoms with van der Waals surface area (Å²) in [6, 6.07) is 9.50. The summed E-state index contributed by atoms with van der Waals surface area (Å²) in [6.45, 7) is 1.83. The van der Waals surface area contributed by atoms with Crippen LogP contribution in [-0.2, 0) is 10.0 Å². The normalized spacial score (nSPS) is 24.9. The van der Waals surface area contributed by atoms with Gasteiger partial charge < -0.3 is 0 Å². The van der Waals surface area contributed by atoms with Crippen LogP contribution >= 0.6 is 0 Å². The first-order valence-electron chi connectivity index (χ1n) is 13.8. The molecule has 4 aromatic rings. The Bertz CT molecular complexity index is 1830. The van der Waals surface area contributed by atoms with Gasteiger partial charge in [-0.25, -0.2) is 27.0 Å². The maximum atomic E-state index is 13.3. The summed E-state index contributed by atoms with van der Waals surface area (Å²) in [5.41, 5.74) is 1.07. The predicted molar refractivity (Wildman–Crippen MR) is 124 cm³/mol. The number of hydrogen-bond acceptors (Lipinski definition) is 6. The van der Waals surface area contributed by atoms with Crippen LogP contribution in [0.4, 0.5) is 0 Å². The van der Waals surface area contributed by atoms with Gasteiger partial charge in [-0.05, 0) is 37.9 Å². The molecular formula is C24H22N6O2S. The number of aromatic nitrogens is 5. The number of rotatable bonds is 5. The van der Waals surface area contributed by atoms with E-state index in [1.54, 1.807) is 18.2 Å². The van der Waals surface area contributed by atoms with Crippen LogP contribution in [0.3, 0.4) is 0 Å². The van der Waals surface area contributed by atoms with Crippen molar-refractivity contribution >= 4 is 26.8 Å². The first-order valence-corrected chi connectivity index (χ1v) is 11.2. The van der Waals surface area contributed by atoms with E-state index in [2.05, 4.69) is 15.1 Å². The van der Waals surface area contributed by atoms with Crippen molar-refractivity contribution in [2.45, 2.75) is 37.3 Å². The highest BCUT2D eigenvalue weighted by Gasteiger charge is 2.24. The Morgan fingerprint density at radius 2 is 1.97 bits per heavy atom. The lowest BCUT2D eigenvalue weighted by molar-refractivity contribution is 0.588. The van der Waals surface area contributed by atoms with Gasteiger partial charge in [0, 0.05) is 46.3 Å². The highest BCUT2D eigenvalue weighted by molar-refractivity contribution is 7.90. The molecule has 0 unspecified atom stereocenters. The van der Waals surface area contributed by atoms with Gasteiger partial charge in [0.05, 0.1) is 28.6 Å². The van der Waals surface area contributed by atoms with Gasteiger partial charge in [-0.1, -0.05) is 30.4 Å². The Morgan fingerprint density at radius 1 is 1.21 bits per heavy atom. The Morgan fingerprint density at radius 3 is 2.70 bits per heavy atom. The van der Waals surface area contributed by atoms with E-state index in [4.69, 9.17) is 11.0 Å². The molecule has 1 saturated carbocycles. The third-order valence-electron chi connectivity index (χ3n) is 5.15. The summed E-state index contributed by atoms with van der Waals surface area (Å²) < 4.78 is 94.5. The highest BCUT2D eigenvalue weighted by atomic mass is 32.2. The molecule has 0 saturated heterocycles. The van der Waals surface area contributed by atoms with E-state index in [9.17, 15) is 13.7 Å². The van der Waals surface area contributed by atoms with Crippen molar-refractivity contribution in [1.29, 1.82) is 5.26 Å². The molecule has 0 atom stereocenters. The average molecular weight is 467 g/mol. The third kappa shape index (κ3) is 3.72. The maximum absolute atomic E-state index is 13.3. The number of aryl methyl sites for hydroxylation is 1. The number of nitrogens with zero attached hydrogens (tertiary/aromatic N) is 6. The lowest BCUT2D eigenvalue weighted by atomic mass is 10.0. The van der Waals surface area contributed by atoms with Crippen molar-refractivity contribution in [3.05, 3.63) is 66.9 Å². The molecule has 0 bridgehead atoms. The maximum Gasteiger partial charge on any atom is 0.269 e. The van der Waals surface area contributed by atoms with Crippen molar-refractivity contribution in [1.82, 2.24) is 23.7 Å². The minimum absolute atomic E-state index is 0.0553. The van der Waals surface area contributed by atoms with Crippen LogP contribution in [0, 0.1) is 24.2 Å². The molecule has 1 fully saturated rings. The molecule has 0 N–H and O–H groups in total. The van der Waals surface area contributed by atoms with Gasteiger partial charge in [-0.15, -0.1) is 0 Å². The molecule has 0 amide bonds. The SMILES string of the molecule is [2H]C1([2H])C(/C(=C/C#N)n2cc(-c3ncnc4c3ccn4S(=O)(=O)c3ccc(C)cc3)cn2)C([2H])([2H])C([2H])([2H])C1([2H])[2H]. The fraction of sp³-hybridized carbons (Fsp3) is 0.250. The lowest BCUT2D eigenvalue weighted by Gasteiger charge is -2.13. The van der Waals surface area contributed by atoms with Gasteiger partial charge in [0.2, 0.25) is 0 Å². The number of nitriles is 1. The van der Waals surface area contributed by atoms with E-state index >= 15 is 0 Å². The monoisotopic (exact) mass is 466 g/mol. The Labute approximate surface area is 203 Å². The molecule has 166 valence electrons. The number of allylic oxidation sites excluding steroid dienone is 2. The topological polar surface area (TPSA) is 106 Å². The first kappa shape index (κ1) is 13.7. The van der Waals surface area contributed by atoms with Crippen molar-refractivity contribution in [3.8, 4) is 17.3 Å². The number of hydrogen-bond donors (Lipinski definition) is 0. The molecule has 0 spiro atoms. The largest absolute Gasteiger partial charge is 0.269 e. The van der Waals surface area contributed by atoms with E-state index in [1.807, 2.05) is 6.92 Å². The van der Waals surface area contributed by atoms with Crippen molar-refractivity contribution in [2.75, 3.05) is 0 Å². The fourth-order valence-electron chi connectivity index (χ4n) is 3.51. The number of benzene rings is 1. The zero-order chi connectivity index (χ0) is 30.2. The lowest BCUT2D eigenvalue weighted by Crippen LogP contribution is -2.12. The van der Waals surface area contributed by atoms with Crippen LogP contribution in [0.1, 0.15) is 42.0 Å². The van der Waals surface area contributed by atoms with Crippen LogP contribution in [0.2, 0.25) is 0 Å². The minimum Gasteiger partial charge on any atom is -0.243 e. The molecule has 33 heavy (non-hydrogen) atoms. The summed E-state index contributed by atoms with van der Waals surface area (Å²) in [5, 5.41) is 13.9. The summed E-state index contributed by atoms with van der Waals surface area (Å²) in [7, 11) is -4.01. The van der Waals surface area contributed by atoms with Gasteiger partial charge in [0.1, 0.15) is 6.33 Å². The summed E-state index contributed by atoms with van der Waals surface area (Å²) >= 11 is 0. The summed E-state index contributed by atoms with van der Waals surface area (Å²) in [5.74, 6) is -2.06. The molecule has 0 aliphatic heterocycles. The molecule has 5 rings (SSSR count). The molecule has 1 aliphatic rings. The van der Waals surface area contributed by atoms with E-state index in [0.717, 1.165) is 26.6 Å². The van der Waals surface area contributed by atoms with Gasteiger partial charge >= 0.3 is 0 Å². The van der Waals surface area contributed by atoms with Gasteiger partial charge in [-0.2, -0.15) is 10.4 Å². The third-order valence-corrected chi connectivity index (χ3v) is 6.83. The predicted octanol–water partition coefficient (Wildman–Crippen LogP) is 4.39. The molecule has 1 aliphatic carbocycles. The molecule has 3 heterocycles. The van der Waals surface area contributed by atoms with E-state index in [-0.39, 0.29) is 21.8 Å². The quantitative estimate of drug-likeness (QED) is 0.404. The zero-order valence-corrected chi connectivity index (χ0v) is 18.1. The van der Waals surface area contributed by atoms with Crippen molar-refractivity contribution in [3.63, 3.8) is 0 Å². The van der Waals surface area contributed by atoms with Gasteiger partial charge in [0.25, 0.3) is 10.0 Å². The second-order valence-corrected chi connectivity index (χ2v) is 9.05. The van der Waals surface area contributed by atoms with Gasteiger partial charge in [0.15, 0.2) is 5.65 Å². The van der Waals surface area contributed by atoms with E-state index in [1.165, 1.54) is 36.8 Å². The Balaban J connectivity index is 1.61. The standard InChI is InChI=1S/C24H22N6O2S/c1-17-6-8-20(9-7-17)33(31,32)30-13-11-21-23(26-16-27-24(21)30)19-14-28-29(15-19)22(10-12-25)18-4-2-3-5-18/h6-11,13-16,18H,2-5H2,1H3/b22-10-/i2D2,3D2,4D2,5D2. The molecular weight excluding hydrogens is 436 g/mol. The average Bonchev–Trinajstić information content (AvgIpc) is 3.57. The van der Waals surface area contributed by atoms with Crippen LogP contribution in [-0.4, -0.2) is 32.1 Å². The van der Waals surface area contributed by atoms with Crippen LogP contribution in [0.15, 0.2) is 66.2 Å². The van der Waals surface area contributed by atoms with Crippen molar-refractivity contribution in [2.24, 2.45) is 5.92 Å². The van der Waals surface area contributed by atoms with Crippen molar-refractivity contribution < 1.29 is 19.4 Å². The van der Waals surface area contributed by atoms with Crippen LogP contribution in [0.5, 0.6) is 0 Å². The van der Waals surface area contributed by atoms with Gasteiger partial charge in [-0.3, -0.25) is 0 Å². The minimum atomic E-state index is -4.01. The van der Waals surface area contributed by atoms with Crippen LogP contribution in [0.25, 0.3) is 28.0 Å². The second kappa shape index (κ2) is 8.30. The summed E-state index contributed by atoms with van der Waals surface area (Å²) in [6.07, 6.45) is -6.78. The Kier molecular flexibility index (Phi) is 3.45. The molecule has 3 aromatic heterocycles. The zero-order valence-electron chi connectivity index (χ0n) is 25.3. The fourth-order valence-corrected chi connectivity index (χ4v) is 4.81. The summed E-state index contributed by atoms with van der Waals surface area (Å²) in [4.78, 5) is 8.46. The molecule has 8 nitrogen and oxygen atoms in total. The van der Waals surface area contributed by atoms with E-state index < -0.39 is 47.1 Å².